The Morgan fingerprint density at radius 2 is 1.78 bits per heavy atom. The van der Waals surface area contributed by atoms with E-state index in [2.05, 4.69) is 5.32 Å². The summed E-state index contributed by atoms with van der Waals surface area (Å²) in [6, 6.07) is 5.81. The maximum absolute atomic E-state index is 13.1. The summed E-state index contributed by atoms with van der Waals surface area (Å²) in [5, 5.41) is 4.38. The van der Waals surface area contributed by atoms with E-state index in [1.54, 1.807) is 6.07 Å². The number of halogens is 2. The lowest BCUT2D eigenvalue weighted by Crippen LogP contribution is -2.52. The number of benzene rings is 1. The maximum Gasteiger partial charge on any atom is 0.324 e. The Bertz CT molecular complexity index is 555. The molecule has 0 radical (unpaired) electrons. The number of hydrogen-bond donors (Lipinski definition) is 1. The van der Waals surface area contributed by atoms with Gasteiger partial charge in [-0.2, -0.15) is 0 Å². The number of rotatable bonds is 2. The van der Waals surface area contributed by atoms with Crippen LogP contribution in [0.25, 0.3) is 0 Å². The number of likely N-dealkylation sites (tertiary alicyclic amines) is 1. The van der Waals surface area contributed by atoms with Crippen LogP contribution >= 0.6 is 23.2 Å². The molecule has 23 heavy (non-hydrogen) atoms. The molecule has 2 amide bonds. The second-order valence-electron chi connectivity index (χ2n) is 6.28. The van der Waals surface area contributed by atoms with Gasteiger partial charge in [0.05, 0.1) is 10.0 Å². The summed E-state index contributed by atoms with van der Waals surface area (Å²) in [5.74, 6) is 0. The van der Waals surface area contributed by atoms with Crippen LogP contribution in [0, 0.1) is 0 Å². The fraction of sp³-hybridized carbons (Fsp3) is 0.588. The highest BCUT2D eigenvalue weighted by Crippen LogP contribution is 2.31. The van der Waals surface area contributed by atoms with Crippen LogP contribution in [-0.2, 0) is 0 Å². The van der Waals surface area contributed by atoms with Gasteiger partial charge in [-0.3, -0.25) is 4.90 Å². The third-order valence-electron chi connectivity index (χ3n) is 4.69. The summed E-state index contributed by atoms with van der Waals surface area (Å²) in [4.78, 5) is 17.1. The molecular weight excluding hydrogens is 333 g/mol. The molecule has 0 aromatic heterocycles. The zero-order valence-corrected chi connectivity index (χ0v) is 14.7. The number of piperidine rings is 2. The number of carbonyl (C=O) groups excluding carboxylic acids is 1. The van der Waals surface area contributed by atoms with E-state index in [4.69, 9.17) is 23.2 Å². The zero-order valence-electron chi connectivity index (χ0n) is 13.2. The largest absolute Gasteiger partial charge is 0.324 e. The number of urea groups is 1. The lowest BCUT2D eigenvalue weighted by atomic mass is 10.0. The highest BCUT2D eigenvalue weighted by Gasteiger charge is 2.31. The molecule has 1 N–H and O–H groups in total. The van der Waals surface area contributed by atoms with Gasteiger partial charge in [0.25, 0.3) is 0 Å². The molecule has 0 aliphatic carbocycles. The van der Waals surface area contributed by atoms with Gasteiger partial charge >= 0.3 is 6.03 Å². The van der Waals surface area contributed by atoms with Gasteiger partial charge in [0.1, 0.15) is 0 Å². The van der Waals surface area contributed by atoms with Crippen LogP contribution in [-0.4, -0.2) is 43.2 Å². The zero-order chi connectivity index (χ0) is 16.2. The van der Waals surface area contributed by atoms with Gasteiger partial charge in [-0.1, -0.05) is 23.2 Å². The lowest BCUT2D eigenvalue weighted by Gasteiger charge is -2.39. The number of carbonyl (C=O) groups is 1. The number of nitrogens with one attached hydrogen (secondary N) is 1. The normalized spacial score (nSPS) is 19.7. The van der Waals surface area contributed by atoms with Crippen molar-refractivity contribution >= 4 is 34.9 Å². The Labute approximate surface area is 147 Å². The minimum Gasteiger partial charge on any atom is -0.324 e. The molecule has 0 saturated carbocycles. The summed E-state index contributed by atoms with van der Waals surface area (Å²) in [6.07, 6.45) is 5.31. The molecule has 2 saturated heterocycles. The van der Waals surface area contributed by atoms with Crippen LogP contribution in [0.2, 0.25) is 10.0 Å². The van der Waals surface area contributed by atoms with Crippen molar-refractivity contribution in [3.8, 4) is 0 Å². The summed E-state index contributed by atoms with van der Waals surface area (Å²) >= 11 is 12.2. The number of amides is 2. The van der Waals surface area contributed by atoms with Crippen molar-refractivity contribution in [3.05, 3.63) is 28.2 Å². The number of anilines is 1. The Hall–Kier alpha value is -0.970. The average molecular weight is 356 g/mol. The van der Waals surface area contributed by atoms with Gasteiger partial charge in [0.15, 0.2) is 0 Å². The van der Waals surface area contributed by atoms with E-state index < -0.39 is 0 Å². The van der Waals surface area contributed by atoms with Gasteiger partial charge in [-0.25, -0.2) is 4.79 Å². The van der Waals surface area contributed by atoms with E-state index in [1.807, 2.05) is 21.9 Å². The number of hydrogen-bond acceptors (Lipinski definition) is 2. The lowest BCUT2D eigenvalue weighted by molar-refractivity contribution is 0.189. The second kappa shape index (κ2) is 7.73. The smallest absolute Gasteiger partial charge is 0.324 e. The molecular formula is C17H23Cl2N3O. The first-order valence-electron chi connectivity index (χ1n) is 8.41. The summed E-state index contributed by atoms with van der Waals surface area (Å²) in [5.41, 5.74) is 0.849. The molecule has 4 nitrogen and oxygen atoms in total. The molecule has 1 aromatic carbocycles. The first-order valence-corrected chi connectivity index (χ1v) is 9.16. The van der Waals surface area contributed by atoms with Crippen molar-refractivity contribution in [2.75, 3.05) is 31.1 Å². The van der Waals surface area contributed by atoms with Crippen LogP contribution in [0.3, 0.4) is 0 Å². The first-order chi connectivity index (χ1) is 11.2. The Balaban J connectivity index is 1.88. The van der Waals surface area contributed by atoms with Gasteiger partial charge in [0, 0.05) is 24.8 Å². The highest BCUT2D eigenvalue weighted by atomic mass is 35.5. The standard InChI is InChI=1S/C17H23Cl2N3O/c18-15-5-4-14(12-16(15)19)22(13-6-8-20-9-7-13)17(23)21-10-2-1-3-11-21/h4-5,12-13,20H,1-3,6-11H2. The van der Waals surface area contributed by atoms with Crippen molar-refractivity contribution in [3.63, 3.8) is 0 Å². The van der Waals surface area contributed by atoms with E-state index in [0.717, 1.165) is 57.5 Å². The van der Waals surface area contributed by atoms with Gasteiger partial charge < -0.3 is 10.2 Å². The van der Waals surface area contributed by atoms with E-state index in [1.165, 1.54) is 6.42 Å². The van der Waals surface area contributed by atoms with Gasteiger partial charge in [-0.15, -0.1) is 0 Å². The van der Waals surface area contributed by atoms with E-state index in [0.29, 0.717) is 10.0 Å². The third-order valence-corrected chi connectivity index (χ3v) is 5.43. The Kier molecular flexibility index (Phi) is 5.67. The Morgan fingerprint density at radius 1 is 1.09 bits per heavy atom. The van der Waals surface area contributed by atoms with Crippen LogP contribution in [0.15, 0.2) is 18.2 Å². The van der Waals surface area contributed by atoms with Gasteiger partial charge in [0.2, 0.25) is 0 Å². The van der Waals surface area contributed by atoms with Crippen LogP contribution < -0.4 is 10.2 Å². The molecule has 0 atom stereocenters. The molecule has 2 aliphatic rings. The molecule has 6 heteroatoms. The fourth-order valence-corrected chi connectivity index (χ4v) is 3.71. The third kappa shape index (κ3) is 3.93. The van der Waals surface area contributed by atoms with Crippen molar-refractivity contribution in [1.29, 1.82) is 0 Å². The molecule has 2 fully saturated rings. The molecule has 0 unspecified atom stereocenters. The molecule has 1 aromatic rings. The predicted molar refractivity (Wildman–Crippen MR) is 95.7 cm³/mol. The van der Waals surface area contributed by atoms with Crippen molar-refractivity contribution in [2.45, 2.75) is 38.1 Å². The molecule has 2 aliphatic heterocycles. The van der Waals surface area contributed by atoms with Gasteiger partial charge in [-0.05, 0) is 63.4 Å². The van der Waals surface area contributed by atoms with Crippen LogP contribution in [0.1, 0.15) is 32.1 Å². The second-order valence-corrected chi connectivity index (χ2v) is 7.09. The fourth-order valence-electron chi connectivity index (χ4n) is 3.41. The molecule has 0 bridgehead atoms. The van der Waals surface area contributed by atoms with Crippen molar-refractivity contribution in [2.24, 2.45) is 0 Å². The first kappa shape index (κ1) is 16.9. The van der Waals surface area contributed by atoms with E-state index >= 15 is 0 Å². The minimum atomic E-state index is 0.106. The predicted octanol–water partition coefficient (Wildman–Crippen LogP) is 4.16. The summed E-state index contributed by atoms with van der Waals surface area (Å²) in [6.45, 7) is 3.58. The Morgan fingerprint density at radius 3 is 2.43 bits per heavy atom. The molecule has 0 spiro atoms. The SMILES string of the molecule is O=C(N1CCCCC1)N(c1ccc(Cl)c(Cl)c1)C1CCNCC1. The molecule has 3 rings (SSSR count). The number of nitrogens with zero attached hydrogens (tertiary/aromatic N) is 2. The topological polar surface area (TPSA) is 35.6 Å². The average Bonchev–Trinajstić information content (AvgIpc) is 2.60. The minimum absolute atomic E-state index is 0.106. The molecule has 2 heterocycles. The van der Waals surface area contributed by atoms with E-state index in [9.17, 15) is 4.79 Å². The van der Waals surface area contributed by atoms with Crippen LogP contribution in [0.4, 0.5) is 10.5 Å². The quantitative estimate of drug-likeness (QED) is 0.864. The van der Waals surface area contributed by atoms with Crippen LogP contribution in [0.5, 0.6) is 0 Å². The van der Waals surface area contributed by atoms with E-state index in [-0.39, 0.29) is 12.1 Å². The maximum atomic E-state index is 13.1. The molecule has 126 valence electrons. The van der Waals surface area contributed by atoms with Crippen molar-refractivity contribution < 1.29 is 4.79 Å². The highest BCUT2D eigenvalue weighted by molar-refractivity contribution is 6.42. The summed E-state index contributed by atoms with van der Waals surface area (Å²) in [7, 11) is 0. The monoisotopic (exact) mass is 355 g/mol. The van der Waals surface area contributed by atoms with Crippen molar-refractivity contribution in [1.82, 2.24) is 10.2 Å². The summed E-state index contributed by atoms with van der Waals surface area (Å²) < 4.78 is 0.